The maximum absolute atomic E-state index is 11.9. The molecule has 0 radical (unpaired) electrons. The maximum atomic E-state index is 11.9. The van der Waals surface area contributed by atoms with Gasteiger partial charge in [-0.15, -0.1) is 0 Å². The summed E-state index contributed by atoms with van der Waals surface area (Å²) in [4.78, 5) is 16.1. The minimum absolute atomic E-state index is 0.391. The number of alkyl carbamates (subject to hydrolysis) is 1. The van der Waals surface area contributed by atoms with Gasteiger partial charge in [-0.1, -0.05) is 25.1 Å². The van der Waals surface area contributed by atoms with Crippen LogP contribution >= 0.6 is 0 Å². The van der Waals surface area contributed by atoms with Crippen LogP contribution in [0, 0.1) is 0 Å². The number of pyridine rings is 1. The third-order valence-electron chi connectivity index (χ3n) is 3.80. The lowest BCUT2D eigenvalue weighted by Crippen LogP contribution is -2.45. The molecular formula is C18H25N3O2. The van der Waals surface area contributed by atoms with Crippen molar-refractivity contribution in [1.29, 1.82) is 0 Å². The number of ether oxygens (including phenoxy) is 1. The Morgan fingerprint density at radius 3 is 2.65 bits per heavy atom. The van der Waals surface area contributed by atoms with Gasteiger partial charge in [0.05, 0.1) is 0 Å². The highest BCUT2D eigenvalue weighted by molar-refractivity contribution is 5.86. The van der Waals surface area contributed by atoms with E-state index in [1.807, 2.05) is 58.2 Å². The monoisotopic (exact) mass is 315 g/mol. The van der Waals surface area contributed by atoms with Crippen LogP contribution in [-0.2, 0) is 10.2 Å². The van der Waals surface area contributed by atoms with Gasteiger partial charge in [0.15, 0.2) is 0 Å². The van der Waals surface area contributed by atoms with E-state index in [1.54, 1.807) is 6.20 Å². The third-order valence-corrected chi connectivity index (χ3v) is 3.80. The highest BCUT2D eigenvalue weighted by Crippen LogP contribution is 2.29. The molecule has 0 fully saturated rings. The molecule has 1 aromatic heterocycles. The summed E-state index contributed by atoms with van der Waals surface area (Å²) in [7, 11) is 0. The van der Waals surface area contributed by atoms with Crippen LogP contribution in [0.15, 0.2) is 36.7 Å². The van der Waals surface area contributed by atoms with E-state index in [4.69, 9.17) is 10.5 Å². The van der Waals surface area contributed by atoms with Gasteiger partial charge in [0.2, 0.25) is 0 Å². The predicted molar refractivity (Wildman–Crippen MR) is 92.4 cm³/mol. The number of carbonyl (C=O) groups is 1. The van der Waals surface area contributed by atoms with Crippen molar-refractivity contribution in [2.75, 3.05) is 13.1 Å². The Labute approximate surface area is 137 Å². The minimum Gasteiger partial charge on any atom is -0.444 e. The molecule has 0 spiro atoms. The quantitative estimate of drug-likeness (QED) is 0.909. The van der Waals surface area contributed by atoms with Crippen molar-refractivity contribution in [2.45, 2.75) is 38.7 Å². The first-order valence-corrected chi connectivity index (χ1v) is 7.75. The van der Waals surface area contributed by atoms with Gasteiger partial charge in [-0.25, -0.2) is 4.79 Å². The summed E-state index contributed by atoms with van der Waals surface area (Å²) in [5.41, 5.74) is 6.22. The molecular weight excluding hydrogens is 290 g/mol. The molecule has 1 atom stereocenters. The fourth-order valence-corrected chi connectivity index (χ4v) is 2.51. The topological polar surface area (TPSA) is 77.2 Å². The van der Waals surface area contributed by atoms with Gasteiger partial charge in [-0.2, -0.15) is 0 Å². The van der Waals surface area contributed by atoms with E-state index in [1.165, 1.54) is 0 Å². The zero-order chi connectivity index (χ0) is 17.1. The van der Waals surface area contributed by atoms with Crippen molar-refractivity contribution in [2.24, 2.45) is 5.73 Å². The summed E-state index contributed by atoms with van der Waals surface area (Å²) >= 11 is 0. The lowest BCUT2D eigenvalue weighted by Gasteiger charge is -2.30. The number of hydrogen-bond acceptors (Lipinski definition) is 4. The lowest BCUT2D eigenvalue weighted by molar-refractivity contribution is 0.0516. The van der Waals surface area contributed by atoms with Gasteiger partial charge in [0.25, 0.3) is 0 Å². The summed E-state index contributed by atoms with van der Waals surface area (Å²) in [6, 6.07) is 8.03. The van der Waals surface area contributed by atoms with Crippen molar-refractivity contribution in [3.63, 3.8) is 0 Å². The number of aromatic nitrogens is 1. The number of rotatable bonds is 4. The highest BCUT2D eigenvalue weighted by Gasteiger charge is 2.28. The zero-order valence-electron chi connectivity index (χ0n) is 14.2. The fraction of sp³-hybridized carbons (Fsp3) is 0.444. The minimum atomic E-state index is -0.520. The largest absolute Gasteiger partial charge is 0.444 e. The van der Waals surface area contributed by atoms with Gasteiger partial charge >= 0.3 is 6.09 Å². The second-order valence-electron chi connectivity index (χ2n) is 7.02. The summed E-state index contributed by atoms with van der Waals surface area (Å²) in [6.07, 6.45) is 3.17. The molecule has 23 heavy (non-hydrogen) atoms. The smallest absolute Gasteiger partial charge is 0.407 e. The van der Waals surface area contributed by atoms with Crippen molar-refractivity contribution < 1.29 is 9.53 Å². The standard InChI is InChI=1S/C18H25N3O2/c1-17(2,3)23-16(22)21-12-18(4,11-19)15-7-5-6-13-10-20-9-8-14(13)15/h5-10H,11-12,19H2,1-4H3,(H,21,22). The van der Waals surface area contributed by atoms with E-state index in [-0.39, 0.29) is 0 Å². The third kappa shape index (κ3) is 4.20. The highest BCUT2D eigenvalue weighted by atomic mass is 16.6. The van der Waals surface area contributed by atoms with Crippen LogP contribution in [-0.4, -0.2) is 29.8 Å². The number of benzene rings is 1. The van der Waals surface area contributed by atoms with Crippen LogP contribution in [0.2, 0.25) is 0 Å². The van der Waals surface area contributed by atoms with Crippen LogP contribution in [0.1, 0.15) is 33.3 Å². The van der Waals surface area contributed by atoms with Gasteiger partial charge in [-0.05, 0) is 37.8 Å². The molecule has 1 heterocycles. The van der Waals surface area contributed by atoms with Crippen LogP contribution in [0.25, 0.3) is 10.8 Å². The summed E-state index contributed by atoms with van der Waals surface area (Å²) in [6.45, 7) is 8.37. The molecule has 0 saturated carbocycles. The summed E-state index contributed by atoms with van der Waals surface area (Å²) in [5, 5.41) is 4.99. The van der Waals surface area contributed by atoms with Crippen LogP contribution in [0.3, 0.4) is 0 Å². The number of hydrogen-bond donors (Lipinski definition) is 2. The summed E-state index contributed by atoms with van der Waals surface area (Å²) in [5.74, 6) is 0. The average Bonchev–Trinajstić information content (AvgIpc) is 2.50. The van der Waals surface area contributed by atoms with Crippen molar-refractivity contribution in [3.05, 3.63) is 42.2 Å². The van der Waals surface area contributed by atoms with Gasteiger partial charge in [0, 0.05) is 36.3 Å². The van der Waals surface area contributed by atoms with E-state index >= 15 is 0 Å². The number of nitrogens with one attached hydrogen (secondary N) is 1. The Bertz CT molecular complexity index is 689. The van der Waals surface area contributed by atoms with Gasteiger partial charge in [-0.3, -0.25) is 4.98 Å². The second kappa shape index (κ2) is 6.54. The molecule has 3 N–H and O–H groups in total. The molecule has 1 aromatic carbocycles. The number of nitrogens with zero attached hydrogens (tertiary/aromatic N) is 1. The SMILES string of the molecule is CC(C)(C)OC(=O)NCC(C)(CN)c1cccc2cnccc12. The second-order valence-corrected chi connectivity index (χ2v) is 7.02. The van der Waals surface area contributed by atoms with Crippen LogP contribution < -0.4 is 11.1 Å². The molecule has 0 bridgehead atoms. The number of amides is 1. The molecule has 0 saturated heterocycles. The molecule has 1 unspecified atom stereocenters. The Morgan fingerprint density at radius 1 is 1.26 bits per heavy atom. The van der Waals surface area contributed by atoms with Gasteiger partial charge < -0.3 is 15.8 Å². The molecule has 1 amide bonds. The lowest BCUT2D eigenvalue weighted by atomic mass is 9.80. The molecule has 5 nitrogen and oxygen atoms in total. The molecule has 5 heteroatoms. The zero-order valence-corrected chi connectivity index (χ0v) is 14.2. The van der Waals surface area contributed by atoms with Gasteiger partial charge in [0.1, 0.15) is 5.60 Å². The molecule has 0 aliphatic carbocycles. The number of nitrogens with two attached hydrogens (primary N) is 1. The maximum Gasteiger partial charge on any atom is 0.407 e. The molecule has 0 aliphatic heterocycles. The Balaban J connectivity index is 2.24. The first kappa shape index (κ1) is 17.2. The van der Waals surface area contributed by atoms with E-state index in [9.17, 15) is 4.79 Å². The molecule has 2 aromatic rings. The van der Waals surface area contributed by atoms with Crippen molar-refractivity contribution in [1.82, 2.24) is 10.3 Å². The average molecular weight is 315 g/mol. The normalized spacial score (nSPS) is 14.3. The van der Waals surface area contributed by atoms with Crippen molar-refractivity contribution >= 4 is 16.9 Å². The fourth-order valence-electron chi connectivity index (χ4n) is 2.51. The van der Waals surface area contributed by atoms with Crippen LogP contribution in [0.4, 0.5) is 4.79 Å². The summed E-state index contributed by atoms with van der Waals surface area (Å²) < 4.78 is 5.30. The molecule has 0 aliphatic rings. The molecule has 124 valence electrons. The Kier molecular flexibility index (Phi) is 4.90. The van der Waals surface area contributed by atoms with E-state index < -0.39 is 17.1 Å². The Hall–Kier alpha value is -2.14. The predicted octanol–water partition coefficient (Wildman–Crippen LogP) is 2.98. The van der Waals surface area contributed by atoms with Crippen molar-refractivity contribution in [3.8, 4) is 0 Å². The number of carbonyl (C=O) groups excluding carboxylic acids is 1. The van der Waals surface area contributed by atoms with Crippen LogP contribution in [0.5, 0.6) is 0 Å². The van der Waals surface area contributed by atoms with E-state index in [0.29, 0.717) is 13.1 Å². The Morgan fingerprint density at radius 2 is 2.00 bits per heavy atom. The van der Waals surface area contributed by atoms with E-state index in [2.05, 4.69) is 10.3 Å². The van der Waals surface area contributed by atoms with E-state index in [0.717, 1.165) is 16.3 Å². The first-order valence-electron chi connectivity index (χ1n) is 7.75. The molecule has 2 rings (SSSR count). The first-order chi connectivity index (χ1) is 10.7. The number of fused-ring (bicyclic) bond motifs is 1.